The quantitative estimate of drug-likeness (QED) is 0.623. The van der Waals surface area contributed by atoms with Crippen LogP contribution in [0.15, 0.2) is 77.7 Å². The Balaban J connectivity index is 1.74. The SMILES string of the molecule is COc1ccc(Cl)cc1NC(=O)c1ccc(NS(=O)(=O)c2ccccc2)cc1. The molecule has 144 valence electrons. The second kappa shape index (κ2) is 8.33. The summed E-state index contributed by atoms with van der Waals surface area (Å²) in [6.45, 7) is 0. The molecule has 0 spiro atoms. The Hall–Kier alpha value is -3.03. The molecule has 3 aromatic rings. The second-order valence-electron chi connectivity index (χ2n) is 5.79. The highest BCUT2D eigenvalue weighted by atomic mass is 35.5. The summed E-state index contributed by atoms with van der Waals surface area (Å²) in [7, 11) is -2.20. The van der Waals surface area contributed by atoms with Crippen LogP contribution in [-0.2, 0) is 10.0 Å². The zero-order valence-corrected chi connectivity index (χ0v) is 16.4. The molecule has 0 radical (unpaired) electrons. The van der Waals surface area contributed by atoms with E-state index >= 15 is 0 Å². The maximum atomic E-state index is 12.5. The Labute approximate surface area is 168 Å². The van der Waals surface area contributed by atoms with Crippen LogP contribution in [-0.4, -0.2) is 21.4 Å². The smallest absolute Gasteiger partial charge is 0.261 e. The van der Waals surface area contributed by atoms with Crippen molar-refractivity contribution in [1.82, 2.24) is 0 Å². The fourth-order valence-corrected chi connectivity index (χ4v) is 3.73. The van der Waals surface area contributed by atoms with Gasteiger partial charge in [-0.25, -0.2) is 8.42 Å². The number of nitrogens with one attached hydrogen (secondary N) is 2. The van der Waals surface area contributed by atoms with Gasteiger partial charge in [0.15, 0.2) is 0 Å². The highest BCUT2D eigenvalue weighted by Crippen LogP contribution is 2.28. The largest absolute Gasteiger partial charge is 0.495 e. The molecule has 3 aromatic carbocycles. The summed E-state index contributed by atoms with van der Waals surface area (Å²) in [6.07, 6.45) is 0. The van der Waals surface area contributed by atoms with Crippen molar-refractivity contribution in [2.24, 2.45) is 0 Å². The molecule has 0 aliphatic carbocycles. The van der Waals surface area contributed by atoms with Crippen LogP contribution in [0.25, 0.3) is 0 Å². The van der Waals surface area contributed by atoms with Crippen molar-refractivity contribution in [2.75, 3.05) is 17.1 Å². The lowest BCUT2D eigenvalue weighted by atomic mass is 10.2. The van der Waals surface area contributed by atoms with Gasteiger partial charge < -0.3 is 10.1 Å². The Morgan fingerprint density at radius 2 is 1.64 bits per heavy atom. The number of amides is 1. The van der Waals surface area contributed by atoms with Gasteiger partial charge in [-0.1, -0.05) is 29.8 Å². The highest BCUT2D eigenvalue weighted by molar-refractivity contribution is 7.92. The molecule has 0 heterocycles. The minimum absolute atomic E-state index is 0.157. The number of benzene rings is 3. The lowest BCUT2D eigenvalue weighted by Crippen LogP contribution is -2.14. The first-order chi connectivity index (χ1) is 13.4. The summed E-state index contributed by atoms with van der Waals surface area (Å²) in [5.74, 6) is 0.100. The zero-order chi connectivity index (χ0) is 20.1. The first-order valence-corrected chi connectivity index (χ1v) is 10.1. The molecule has 8 heteroatoms. The van der Waals surface area contributed by atoms with Gasteiger partial charge in [-0.15, -0.1) is 0 Å². The summed E-state index contributed by atoms with van der Waals surface area (Å²) in [5, 5.41) is 3.19. The Morgan fingerprint density at radius 1 is 0.964 bits per heavy atom. The van der Waals surface area contributed by atoms with Gasteiger partial charge in [0.25, 0.3) is 15.9 Å². The number of anilines is 2. The first kappa shape index (κ1) is 19.7. The van der Waals surface area contributed by atoms with Crippen LogP contribution in [0.5, 0.6) is 5.75 Å². The number of carbonyl (C=O) groups is 1. The number of carbonyl (C=O) groups excluding carboxylic acids is 1. The highest BCUT2D eigenvalue weighted by Gasteiger charge is 2.14. The molecule has 0 aliphatic heterocycles. The number of methoxy groups -OCH3 is 1. The summed E-state index contributed by atoms with van der Waals surface area (Å²) < 4.78 is 32.4. The third-order valence-corrected chi connectivity index (χ3v) is 5.49. The predicted octanol–water partition coefficient (Wildman–Crippen LogP) is 4.40. The fourth-order valence-electron chi connectivity index (χ4n) is 2.48. The van der Waals surface area contributed by atoms with Crippen LogP contribution in [0.2, 0.25) is 5.02 Å². The Bertz CT molecular complexity index is 1080. The Kier molecular flexibility index (Phi) is 5.87. The van der Waals surface area contributed by atoms with Crippen molar-refractivity contribution in [3.05, 3.63) is 83.4 Å². The van der Waals surface area contributed by atoms with Gasteiger partial charge in [0.1, 0.15) is 5.75 Å². The summed E-state index contributed by atoms with van der Waals surface area (Å²) in [5.41, 5.74) is 1.14. The molecule has 0 unspecified atom stereocenters. The predicted molar refractivity (Wildman–Crippen MR) is 110 cm³/mol. The maximum Gasteiger partial charge on any atom is 0.261 e. The molecule has 3 rings (SSSR count). The molecule has 0 fully saturated rings. The number of hydrogen-bond donors (Lipinski definition) is 2. The van der Waals surface area contributed by atoms with Crippen LogP contribution in [0.3, 0.4) is 0 Å². The van der Waals surface area contributed by atoms with Crippen LogP contribution in [0.4, 0.5) is 11.4 Å². The zero-order valence-electron chi connectivity index (χ0n) is 14.8. The van der Waals surface area contributed by atoms with Gasteiger partial charge >= 0.3 is 0 Å². The summed E-state index contributed by atoms with van der Waals surface area (Å²) in [4.78, 5) is 12.6. The second-order valence-corrected chi connectivity index (χ2v) is 7.91. The van der Waals surface area contributed by atoms with E-state index in [-0.39, 0.29) is 10.8 Å². The number of ether oxygens (including phenoxy) is 1. The normalized spacial score (nSPS) is 10.9. The number of rotatable bonds is 6. The molecule has 0 atom stereocenters. The van der Waals surface area contributed by atoms with Crippen LogP contribution in [0.1, 0.15) is 10.4 Å². The molecule has 6 nitrogen and oxygen atoms in total. The maximum absolute atomic E-state index is 12.5. The lowest BCUT2D eigenvalue weighted by molar-refractivity contribution is 0.102. The average molecular weight is 417 g/mol. The molecule has 0 bridgehead atoms. The molecule has 0 saturated heterocycles. The molecule has 1 amide bonds. The van der Waals surface area contributed by atoms with Gasteiger partial charge in [0.05, 0.1) is 17.7 Å². The molecular weight excluding hydrogens is 400 g/mol. The topological polar surface area (TPSA) is 84.5 Å². The van der Waals surface area contributed by atoms with E-state index in [0.29, 0.717) is 27.7 Å². The lowest BCUT2D eigenvalue weighted by Gasteiger charge is -2.11. The molecule has 2 N–H and O–H groups in total. The van der Waals surface area contributed by atoms with Crippen molar-refractivity contribution < 1.29 is 17.9 Å². The van der Waals surface area contributed by atoms with E-state index in [2.05, 4.69) is 10.0 Å². The molecule has 0 saturated carbocycles. The van der Waals surface area contributed by atoms with Crippen molar-refractivity contribution >= 4 is 38.9 Å². The fraction of sp³-hybridized carbons (Fsp3) is 0.0500. The van der Waals surface area contributed by atoms with E-state index in [9.17, 15) is 13.2 Å². The van der Waals surface area contributed by atoms with Crippen LogP contribution in [0, 0.1) is 0 Å². The van der Waals surface area contributed by atoms with Gasteiger partial charge in [-0.05, 0) is 54.6 Å². The molecular formula is C20H17ClN2O4S. The molecule has 0 aliphatic rings. The van der Waals surface area contributed by atoms with Gasteiger partial charge in [0, 0.05) is 16.3 Å². The van der Waals surface area contributed by atoms with Gasteiger partial charge in [-0.3, -0.25) is 9.52 Å². The van der Waals surface area contributed by atoms with E-state index in [1.807, 2.05) is 0 Å². The van der Waals surface area contributed by atoms with Gasteiger partial charge in [0.2, 0.25) is 0 Å². The van der Waals surface area contributed by atoms with E-state index in [0.717, 1.165) is 0 Å². The minimum atomic E-state index is -3.69. The van der Waals surface area contributed by atoms with E-state index in [1.54, 1.807) is 36.4 Å². The summed E-state index contributed by atoms with van der Waals surface area (Å²) >= 11 is 5.96. The monoisotopic (exact) mass is 416 g/mol. The van der Waals surface area contributed by atoms with E-state index < -0.39 is 10.0 Å². The van der Waals surface area contributed by atoms with Crippen molar-refractivity contribution in [3.8, 4) is 5.75 Å². The van der Waals surface area contributed by atoms with Crippen molar-refractivity contribution in [2.45, 2.75) is 4.90 Å². The molecule has 28 heavy (non-hydrogen) atoms. The van der Waals surface area contributed by atoms with E-state index in [4.69, 9.17) is 16.3 Å². The van der Waals surface area contributed by atoms with Gasteiger partial charge in [-0.2, -0.15) is 0 Å². The number of sulfonamides is 1. The van der Waals surface area contributed by atoms with Crippen LogP contribution < -0.4 is 14.8 Å². The first-order valence-electron chi connectivity index (χ1n) is 8.22. The third kappa shape index (κ3) is 4.62. The van der Waals surface area contributed by atoms with E-state index in [1.165, 1.54) is 43.5 Å². The Morgan fingerprint density at radius 3 is 2.29 bits per heavy atom. The third-order valence-electron chi connectivity index (χ3n) is 3.86. The molecule has 0 aromatic heterocycles. The van der Waals surface area contributed by atoms with Crippen molar-refractivity contribution in [3.63, 3.8) is 0 Å². The van der Waals surface area contributed by atoms with Crippen molar-refractivity contribution in [1.29, 1.82) is 0 Å². The summed E-state index contributed by atoms with van der Waals surface area (Å²) in [6, 6.07) is 19.0. The minimum Gasteiger partial charge on any atom is -0.495 e. The standard InChI is InChI=1S/C20H17ClN2O4S/c1-27-19-12-9-15(21)13-18(19)22-20(24)14-7-10-16(11-8-14)23-28(25,26)17-5-3-2-4-6-17/h2-13,23H,1H3,(H,22,24). The van der Waals surface area contributed by atoms with Crippen LogP contribution >= 0.6 is 11.6 Å². The average Bonchev–Trinajstić information content (AvgIpc) is 2.69. The number of halogens is 1. The number of hydrogen-bond acceptors (Lipinski definition) is 4.